The highest BCUT2D eigenvalue weighted by molar-refractivity contribution is 7.92. The van der Waals surface area contributed by atoms with Crippen LogP contribution in [0.4, 0.5) is 5.69 Å². The van der Waals surface area contributed by atoms with Crippen molar-refractivity contribution >= 4 is 39.1 Å². The molecule has 3 aromatic carbocycles. The van der Waals surface area contributed by atoms with E-state index in [9.17, 15) is 18.0 Å². The van der Waals surface area contributed by atoms with Gasteiger partial charge in [0.05, 0.1) is 10.6 Å². The molecular weight excluding hydrogens is 534 g/mol. The van der Waals surface area contributed by atoms with Gasteiger partial charge in [0.15, 0.2) is 0 Å². The predicted molar refractivity (Wildman–Crippen MR) is 156 cm³/mol. The normalized spacial score (nSPS) is 12.0. The fourth-order valence-electron chi connectivity index (χ4n) is 4.19. The maximum Gasteiger partial charge on any atom is 0.264 e. The fourth-order valence-corrected chi connectivity index (χ4v) is 5.84. The van der Waals surface area contributed by atoms with E-state index in [1.807, 2.05) is 32.9 Å². The van der Waals surface area contributed by atoms with Gasteiger partial charge in [0.1, 0.15) is 12.6 Å². The Morgan fingerprint density at radius 1 is 0.923 bits per heavy atom. The number of amides is 2. The number of benzene rings is 3. The zero-order valence-corrected chi connectivity index (χ0v) is 24.4. The first-order chi connectivity index (χ1) is 18.6. The van der Waals surface area contributed by atoms with Crippen molar-refractivity contribution in [2.75, 3.05) is 17.4 Å². The molecule has 0 aliphatic heterocycles. The molecule has 0 saturated heterocycles. The smallest absolute Gasteiger partial charge is 0.264 e. The lowest BCUT2D eigenvalue weighted by Gasteiger charge is -2.32. The molecule has 1 N–H and O–H groups in total. The van der Waals surface area contributed by atoms with Crippen molar-refractivity contribution in [1.29, 1.82) is 0 Å². The van der Waals surface area contributed by atoms with E-state index in [4.69, 9.17) is 11.6 Å². The van der Waals surface area contributed by atoms with E-state index in [0.29, 0.717) is 29.2 Å². The third kappa shape index (κ3) is 7.40. The second kappa shape index (κ2) is 13.6. The van der Waals surface area contributed by atoms with Crippen LogP contribution in [0.2, 0.25) is 5.02 Å². The van der Waals surface area contributed by atoms with E-state index in [1.54, 1.807) is 67.6 Å². The number of carbonyl (C=O) groups excluding carboxylic acids is 2. The van der Waals surface area contributed by atoms with Crippen LogP contribution in [-0.2, 0) is 32.6 Å². The average molecular weight is 570 g/mol. The molecule has 0 spiro atoms. The topological polar surface area (TPSA) is 86.8 Å². The molecule has 0 radical (unpaired) electrons. The van der Waals surface area contributed by atoms with E-state index in [1.165, 1.54) is 4.90 Å². The van der Waals surface area contributed by atoms with Gasteiger partial charge in [0, 0.05) is 18.1 Å². The lowest BCUT2D eigenvalue weighted by Crippen LogP contribution is -2.51. The van der Waals surface area contributed by atoms with E-state index >= 15 is 0 Å². The third-order valence-corrected chi connectivity index (χ3v) is 8.69. The zero-order valence-electron chi connectivity index (χ0n) is 22.9. The Morgan fingerprint density at radius 2 is 1.54 bits per heavy atom. The quantitative estimate of drug-likeness (QED) is 0.318. The van der Waals surface area contributed by atoms with E-state index in [-0.39, 0.29) is 17.3 Å². The summed E-state index contributed by atoms with van der Waals surface area (Å²) in [5.74, 6) is -0.838. The summed E-state index contributed by atoms with van der Waals surface area (Å²) in [5, 5.41) is 3.29. The van der Waals surface area contributed by atoms with Gasteiger partial charge in [0.2, 0.25) is 11.8 Å². The molecule has 3 aromatic rings. The largest absolute Gasteiger partial charge is 0.354 e. The zero-order chi connectivity index (χ0) is 28.6. The summed E-state index contributed by atoms with van der Waals surface area (Å²) < 4.78 is 29.1. The molecule has 7 nitrogen and oxygen atoms in total. The maximum absolute atomic E-state index is 14.0. The minimum Gasteiger partial charge on any atom is -0.354 e. The summed E-state index contributed by atoms with van der Waals surface area (Å²) in [4.78, 5) is 28.4. The number of hydrogen-bond acceptors (Lipinski definition) is 4. The highest BCUT2D eigenvalue weighted by Crippen LogP contribution is 2.28. The molecule has 0 unspecified atom stereocenters. The Hall–Kier alpha value is -3.36. The number of nitrogens with one attached hydrogen (secondary N) is 1. The number of rotatable bonds is 12. The molecule has 0 saturated carbocycles. The van der Waals surface area contributed by atoms with Crippen LogP contribution in [0.25, 0.3) is 0 Å². The fraction of sp³-hybridized carbons (Fsp3) is 0.333. The summed E-state index contributed by atoms with van der Waals surface area (Å²) in [6.07, 6.45) is 1.32. The summed E-state index contributed by atoms with van der Waals surface area (Å²) in [6.45, 7) is 7.42. The van der Waals surface area contributed by atoms with Crippen molar-refractivity contribution in [3.63, 3.8) is 0 Å². The standard InChI is InChI=1S/C30H36ClN3O4S/c1-5-19-32-30(36)23(4)33(20-25-12-7-9-13-27(25)31)29(35)21-34(28-14-10-8-11-24(28)6-2)39(37,38)26-17-15-22(3)16-18-26/h7-18,23H,5-6,19-21H2,1-4H3,(H,32,36)/t23-/m0/s1. The summed E-state index contributed by atoms with van der Waals surface area (Å²) in [7, 11) is -4.11. The molecule has 39 heavy (non-hydrogen) atoms. The lowest BCUT2D eigenvalue weighted by molar-refractivity contribution is -0.139. The molecule has 0 heterocycles. The van der Waals surface area contributed by atoms with E-state index < -0.39 is 28.5 Å². The SMILES string of the molecule is CCCNC(=O)[C@H](C)N(Cc1ccccc1Cl)C(=O)CN(c1ccccc1CC)S(=O)(=O)c1ccc(C)cc1. The molecule has 3 rings (SSSR count). The molecule has 9 heteroatoms. The van der Waals surface area contributed by atoms with Gasteiger partial charge >= 0.3 is 0 Å². The van der Waals surface area contributed by atoms with Crippen LogP contribution < -0.4 is 9.62 Å². The third-order valence-electron chi connectivity index (χ3n) is 6.54. The van der Waals surface area contributed by atoms with Crippen LogP contribution in [0.15, 0.2) is 77.7 Å². The van der Waals surface area contributed by atoms with E-state index in [2.05, 4.69) is 5.32 Å². The van der Waals surface area contributed by atoms with Crippen molar-refractivity contribution in [1.82, 2.24) is 10.2 Å². The van der Waals surface area contributed by atoms with Crippen LogP contribution in [0, 0.1) is 6.92 Å². The van der Waals surface area contributed by atoms with Gasteiger partial charge in [-0.25, -0.2) is 8.42 Å². The van der Waals surface area contributed by atoms with E-state index in [0.717, 1.165) is 21.9 Å². The number of carbonyl (C=O) groups is 2. The number of sulfonamides is 1. The van der Waals surface area contributed by atoms with Gasteiger partial charge < -0.3 is 10.2 Å². The molecule has 1 atom stereocenters. The number of hydrogen-bond donors (Lipinski definition) is 1. The molecule has 0 aliphatic rings. The molecule has 0 aromatic heterocycles. The average Bonchev–Trinajstić information content (AvgIpc) is 2.93. The molecule has 0 aliphatic carbocycles. The van der Waals surface area contributed by atoms with Crippen molar-refractivity contribution < 1.29 is 18.0 Å². The number of nitrogens with zero attached hydrogens (tertiary/aromatic N) is 2. The summed E-state index contributed by atoms with van der Waals surface area (Å²) in [5.41, 5.74) is 2.79. The van der Waals surface area contributed by atoms with Crippen LogP contribution in [0.1, 0.15) is 43.9 Å². The number of aryl methyl sites for hydroxylation is 2. The van der Waals surface area contributed by atoms with Gasteiger partial charge in [-0.05, 0) is 62.1 Å². The second-order valence-electron chi connectivity index (χ2n) is 9.39. The van der Waals surface area contributed by atoms with Crippen LogP contribution in [0.5, 0.6) is 0 Å². The van der Waals surface area contributed by atoms with Crippen LogP contribution in [-0.4, -0.2) is 44.3 Å². The first-order valence-corrected chi connectivity index (χ1v) is 14.9. The highest BCUT2D eigenvalue weighted by atomic mass is 35.5. The summed E-state index contributed by atoms with van der Waals surface area (Å²) in [6, 6.07) is 19.9. The Balaban J connectivity index is 2.07. The summed E-state index contributed by atoms with van der Waals surface area (Å²) >= 11 is 6.40. The molecular formula is C30H36ClN3O4S. The Morgan fingerprint density at radius 3 is 2.15 bits per heavy atom. The Kier molecular flexibility index (Phi) is 10.5. The Labute approximate surface area is 236 Å². The van der Waals surface area contributed by atoms with Crippen molar-refractivity contribution in [3.8, 4) is 0 Å². The van der Waals surface area contributed by atoms with Gasteiger partial charge in [0.25, 0.3) is 10.0 Å². The van der Waals surface area contributed by atoms with Gasteiger partial charge in [-0.15, -0.1) is 0 Å². The number of para-hydroxylation sites is 1. The van der Waals surface area contributed by atoms with Crippen molar-refractivity contribution in [2.24, 2.45) is 0 Å². The lowest BCUT2D eigenvalue weighted by atomic mass is 10.1. The van der Waals surface area contributed by atoms with Gasteiger partial charge in [-0.1, -0.05) is 79.5 Å². The first-order valence-electron chi connectivity index (χ1n) is 13.1. The predicted octanol–water partition coefficient (Wildman–Crippen LogP) is 5.35. The highest BCUT2D eigenvalue weighted by Gasteiger charge is 2.33. The second-order valence-corrected chi connectivity index (χ2v) is 11.7. The van der Waals surface area contributed by atoms with Gasteiger partial charge in [-0.3, -0.25) is 13.9 Å². The minimum absolute atomic E-state index is 0.0487. The number of halogens is 1. The Bertz CT molecular complexity index is 1390. The molecule has 0 fully saturated rings. The van der Waals surface area contributed by atoms with Crippen LogP contribution >= 0.6 is 11.6 Å². The first kappa shape index (κ1) is 30.2. The molecule has 0 bridgehead atoms. The van der Waals surface area contributed by atoms with Crippen molar-refractivity contribution in [3.05, 3.63) is 94.5 Å². The van der Waals surface area contributed by atoms with Crippen LogP contribution in [0.3, 0.4) is 0 Å². The minimum atomic E-state index is -4.11. The maximum atomic E-state index is 14.0. The molecule has 2 amide bonds. The molecule has 208 valence electrons. The monoisotopic (exact) mass is 569 g/mol. The van der Waals surface area contributed by atoms with Gasteiger partial charge in [-0.2, -0.15) is 0 Å². The number of anilines is 1. The van der Waals surface area contributed by atoms with Crippen molar-refractivity contribution in [2.45, 2.75) is 58.0 Å².